The average Bonchev–Trinajstić information content (AvgIpc) is 2.29. The van der Waals surface area contributed by atoms with Crippen LogP contribution in [-0.4, -0.2) is 25.9 Å². The molecule has 0 radical (unpaired) electrons. The summed E-state index contributed by atoms with van der Waals surface area (Å²) in [6.45, 7) is 4.64. The van der Waals surface area contributed by atoms with Crippen molar-refractivity contribution in [3.8, 4) is 5.75 Å². The van der Waals surface area contributed by atoms with Crippen LogP contribution in [0, 0.1) is 0 Å². The van der Waals surface area contributed by atoms with Crippen LogP contribution in [0.4, 0.5) is 0 Å². The lowest BCUT2D eigenvalue weighted by Crippen LogP contribution is -2.22. The van der Waals surface area contributed by atoms with E-state index in [0.717, 1.165) is 16.9 Å². The second-order valence-electron chi connectivity index (χ2n) is 4.50. The maximum atomic E-state index is 9.33. The van der Waals surface area contributed by atoms with E-state index in [2.05, 4.69) is 0 Å². The predicted molar refractivity (Wildman–Crippen MR) is 63.8 cm³/mol. The highest BCUT2D eigenvalue weighted by molar-refractivity contribution is 5.39. The Morgan fingerprint density at radius 3 is 2.44 bits per heavy atom. The minimum Gasteiger partial charge on any atom is -0.496 e. The Kier molecular flexibility index (Phi) is 4.33. The molecule has 1 aromatic rings. The van der Waals surface area contributed by atoms with Crippen molar-refractivity contribution in [3.05, 3.63) is 29.3 Å². The van der Waals surface area contributed by atoms with Gasteiger partial charge in [0.15, 0.2) is 0 Å². The zero-order valence-electron chi connectivity index (χ0n) is 10.4. The molecular formula is C13H20O3. The van der Waals surface area contributed by atoms with Crippen molar-refractivity contribution >= 4 is 0 Å². The monoisotopic (exact) mass is 224 g/mol. The number of aliphatic hydroxyl groups is 1. The lowest BCUT2D eigenvalue weighted by molar-refractivity contribution is 0.181. The number of hydrogen-bond donors (Lipinski definition) is 1. The molecule has 0 fully saturated rings. The Balaban J connectivity index is 3.11. The minimum absolute atomic E-state index is 0.117. The van der Waals surface area contributed by atoms with Gasteiger partial charge in [-0.2, -0.15) is 0 Å². The number of hydrogen-bond acceptors (Lipinski definition) is 3. The van der Waals surface area contributed by atoms with Crippen molar-refractivity contribution in [2.75, 3.05) is 20.8 Å². The van der Waals surface area contributed by atoms with E-state index in [1.54, 1.807) is 14.2 Å². The van der Waals surface area contributed by atoms with Gasteiger partial charge in [0.1, 0.15) is 5.75 Å². The fourth-order valence-corrected chi connectivity index (χ4v) is 1.56. The highest BCUT2D eigenvalue weighted by Gasteiger charge is 2.20. The van der Waals surface area contributed by atoms with Crippen LogP contribution >= 0.6 is 0 Å². The standard InChI is InChI=1S/C13H20O3/c1-13(2,9-14)11-5-6-12(16-4)10(7-11)8-15-3/h5-7,14H,8-9H2,1-4H3. The van der Waals surface area contributed by atoms with Crippen LogP contribution in [0.15, 0.2) is 18.2 Å². The zero-order valence-corrected chi connectivity index (χ0v) is 10.4. The Morgan fingerprint density at radius 2 is 1.94 bits per heavy atom. The van der Waals surface area contributed by atoms with Crippen LogP contribution in [0.2, 0.25) is 0 Å². The summed E-state index contributed by atoms with van der Waals surface area (Å²) in [6, 6.07) is 5.92. The van der Waals surface area contributed by atoms with Gasteiger partial charge in [-0.1, -0.05) is 19.9 Å². The summed E-state index contributed by atoms with van der Waals surface area (Å²) in [5.41, 5.74) is 1.85. The van der Waals surface area contributed by atoms with E-state index in [4.69, 9.17) is 9.47 Å². The summed E-state index contributed by atoms with van der Waals surface area (Å²) in [4.78, 5) is 0. The molecule has 0 heterocycles. The first-order valence-corrected chi connectivity index (χ1v) is 5.32. The first-order chi connectivity index (χ1) is 7.55. The maximum Gasteiger partial charge on any atom is 0.124 e. The third kappa shape index (κ3) is 2.74. The molecule has 0 bridgehead atoms. The van der Waals surface area contributed by atoms with Crippen LogP contribution < -0.4 is 4.74 Å². The van der Waals surface area contributed by atoms with Crippen molar-refractivity contribution < 1.29 is 14.6 Å². The Bertz CT molecular complexity index is 345. The third-order valence-electron chi connectivity index (χ3n) is 2.76. The summed E-state index contributed by atoms with van der Waals surface area (Å²) in [5, 5.41) is 9.33. The van der Waals surface area contributed by atoms with Gasteiger partial charge in [-0.25, -0.2) is 0 Å². The molecule has 3 heteroatoms. The molecule has 3 nitrogen and oxygen atoms in total. The Morgan fingerprint density at radius 1 is 1.25 bits per heavy atom. The molecule has 16 heavy (non-hydrogen) atoms. The number of aliphatic hydroxyl groups excluding tert-OH is 1. The van der Waals surface area contributed by atoms with Gasteiger partial charge < -0.3 is 14.6 Å². The van der Waals surface area contributed by atoms with Crippen molar-refractivity contribution in [3.63, 3.8) is 0 Å². The van der Waals surface area contributed by atoms with Gasteiger partial charge in [-0.15, -0.1) is 0 Å². The Hall–Kier alpha value is -1.06. The summed E-state index contributed by atoms with van der Waals surface area (Å²) >= 11 is 0. The van der Waals surface area contributed by atoms with Crippen LogP contribution in [0.5, 0.6) is 5.75 Å². The number of benzene rings is 1. The van der Waals surface area contributed by atoms with Gasteiger partial charge in [0, 0.05) is 18.1 Å². The highest BCUT2D eigenvalue weighted by atomic mass is 16.5. The third-order valence-corrected chi connectivity index (χ3v) is 2.76. The van der Waals surface area contributed by atoms with E-state index in [1.165, 1.54) is 0 Å². The first-order valence-electron chi connectivity index (χ1n) is 5.32. The minimum atomic E-state index is -0.241. The molecular weight excluding hydrogens is 204 g/mol. The molecule has 0 aromatic heterocycles. The average molecular weight is 224 g/mol. The summed E-state index contributed by atoms with van der Waals surface area (Å²) in [5.74, 6) is 0.819. The van der Waals surface area contributed by atoms with E-state index in [-0.39, 0.29) is 12.0 Å². The molecule has 0 saturated carbocycles. The van der Waals surface area contributed by atoms with E-state index in [1.807, 2.05) is 32.0 Å². The summed E-state index contributed by atoms with van der Waals surface area (Å²) < 4.78 is 10.4. The van der Waals surface area contributed by atoms with E-state index in [0.29, 0.717) is 6.61 Å². The molecule has 0 spiro atoms. The SMILES string of the molecule is COCc1cc(C(C)(C)CO)ccc1OC. The molecule has 1 aromatic carbocycles. The second-order valence-corrected chi connectivity index (χ2v) is 4.50. The molecule has 0 atom stereocenters. The van der Waals surface area contributed by atoms with Crippen LogP contribution in [0.25, 0.3) is 0 Å². The number of methoxy groups -OCH3 is 2. The molecule has 0 unspecified atom stereocenters. The van der Waals surface area contributed by atoms with Crippen LogP contribution in [0.1, 0.15) is 25.0 Å². The molecule has 0 amide bonds. The molecule has 0 aliphatic carbocycles. The smallest absolute Gasteiger partial charge is 0.124 e. The molecule has 0 saturated heterocycles. The van der Waals surface area contributed by atoms with Crippen LogP contribution in [0.3, 0.4) is 0 Å². The molecule has 0 aliphatic heterocycles. The van der Waals surface area contributed by atoms with Crippen molar-refractivity contribution in [1.82, 2.24) is 0 Å². The molecule has 90 valence electrons. The van der Waals surface area contributed by atoms with Crippen molar-refractivity contribution in [2.24, 2.45) is 0 Å². The molecule has 0 aliphatic rings. The normalized spacial score (nSPS) is 11.6. The van der Waals surface area contributed by atoms with Crippen LogP contribution in [-0.2, 0) is 16.8 Å². The first kappa shape index (κ1) is 13.0. The van der Waals surface area contributed by atoms with Crippen molar-refractivity contribution in [2.45, 2.75) is 25.9 Å². The van der Waals surface area contributed by atoms with E-state index >= 15 is 0 Å². The summed E-state index contributed by atoms with van der Waals surface area (Å²) in [6.07, 6.45) is 0. The number of ether oxygens (including phenoxy) is 2. The Labute approximate surface area is 97.0 Å². The van der Waals surface area contributed by atoms with Gasteiger partial charge in [0.25, 0.3) is 0 Å². The molecule has 1 rings (SSSR count). The number of rotatable bonds is 5. The van der Waals surface area contributed by atoms with Gasteiger partial charge in [-0.3, -0.25) is 0 Å². The predicted octanol–water partition coefficient (Wildman–Crippen LogP) is 2.11. The largest absolute Gasteiger partial charge is 0.496 e. The quantitative estimate of drug-likeness (QED) is 0.832. The maximum absolute atomic E-state index is 9.33. The van der Waals surface area contributed by atoms with E-state index in [9.17, 15) is 5.11 Å². The fraction of sp³-hybridized carbons (Fsp3) is 0.538. The summed E-state index contributed by atoms with van der Waals surface area (Å²) in [7, 11) is 3.30. The van der Waals surface area contributed by atoms with Gasteiger partial charge in [0.05, 0.1) is 20.3 Å². The second kappa shape index (κ2) is 5.32. The topological polar surface area (TPSA) is 38.7 Å². The molecule has 1 N–H and O–H groups in total. The fourth-order valence-electron chi connectivity index (χ4n) is 1.56. The zero-order chi connectivity index (χ0) is 12.2. The van der Waals surface area contributed by atoms with Crippen molar-refractivity contribution in [1.29, 1.82) is 0 Å². The van der Waals surface area contributed by atoms with Gasteiger partial charge in [-0.05, 0) is 17.7 Å². The van der Waals surface area contributed by atoms with Gasteiger partial charge >= 0.3 is 0 Å². The van der Waals surface area contributed by atoms with Gasteiger partial charge in [0.2, 0.25) is 0 Å². The lowest BCUT2D eigenvalue weighted by atomic mass is 9.85. The lowest BCUT2D eigenvalue weighted by Gasteiger charge is -2.23. The highest BCUT2D eigenvalue weighted by Crippen LogP contribution is 2.28. The van der Waals surface area contributed by atoms with E-state index < -0.39 is 0 Å².